The van der Waals surface area contributed by atoms with Gasteiger partial charge in [0, 0.05) is 26.1 Å². The Hall–Kier alpha value is -2.82. The predicted octanol–water partition coefficient (Wildman–Crippen LogP) is 10.1. The van der Waals surface area contributed by atoms with Gasteiger partial charge in [-0.25, -0.2) is 0 Å². The van der Waals surface area contributed by atoms with Gasteiger partial charge in [0.2, 0.25) is 0 Å². The zero-order chi connectivity index (χ0) is 25.1. The molecule has 0 aliphatic carbocycles. The normalized spacial score (nSPS) is 11.4. The third-order valence-electron chi connectivity index (χ3n) is 7.05. The van der Waals surface area contributed by atoms with Gasteiger partial charge in [0.05, 0.1) is 5.41 Å². The van der Waals surface area contributed by atoms with Crippen LogP contribution in [0.5, 0.6) is 0 Å². The summed E-state index contributed by atoms with van der Waals surface area (Å²) in [5, 5.41) is 0. The van der Waals surface area contributed by atoms with E-state index >= 15 is 0 Å². The summed E-state index contributed by atoms with van der Waals surface area (Å²) >= 11 is 2.33. The number of aryl methyl sites for hydroxylation is 3. The molecule has 5 aromatic rings. The molecule has 0 aliphatic rings. The Morgan fingerprint density at radius 3 is 1.00 bits per heavy atom. The average Bonchev–Trinajstić information content (AvgIpc) is 2.92. The van der Waals surface area contributed by atoms with E-state index < -0.39 is 5.41 Å². The van der Waals surface area contributed by atoms with E-state index in [0.29, 0.717) is 0 Å². The van der Waals surface area contributed by atoms with Crippen molar-refractivity contribution in [2.24, 2.45) is 0 Å². The molecule has 0 nitrogen and oxygen atoms in total. The van der Waals surface area contributed by atoms with Gasteiger partial charge in [0.15, 0.2) is 0 Å². The molecule has 0 radical (unpaired) electrons. The molecule has 0 heterocycles. The molecule has 0 aliphatic heterocycles. The topological polar surface area (TPSA) is 0 Å². The van der Waals surface area contributed by atoms with Crippen molar-refractivity contribution in [2.45, 2.75) is 31.1 Å². The van der Waals surface area contributed by atoms with Gasteiger partial charge >= 0.3 is 0 Å². The van der Waals surface area contributed by atoms with Crippen molar-refractivity contribution in [2.75, 3.05) is 0 Å². The van der Waals surface area contributed by atoms with E-state index in [-0.39, 0.29) is 0 Å². The summed E-state index contributed by atoms with van der Waals surface area (Å²) < 4.78 is 0. The van der Waals surface area contributed by atoms with Crippen LogP contribution in [0.15, 0.2) is 126 Å². The van der Waals surface area contributed by atoms with Crippen LogP contribution in [0.1, 0.15) is 38.9 Å². The minimum atomic E-state index is -0.421. The highest BCUT2D eigenvalue weighted by Gasteiger charge is 2.38. The van der Waals surface area contributed by atoms with Crippen LogP contribution in [0.4, 0.5) is 0 Å². The molecule has 5 aromatic carbocycles. The highest BCUT2D eigenvalue weighted by Crippen LogP contribution is 2.45. The first-order chi connectivity index (χ1) is 17.5. The molecule has 0 aromatic heterocycles. The van der Waals surface area contributed by atoms with Crippen LogP contribution in [0, 0.1) is 20.8 Å². The van der Waals surface area contributed by atoms with Crippen molar-refractivity contribution in [3.05, 3.63) is 160 Å². The van der Waals surface area contributed by atoms with Crippen molar-refractivity contribution in [3.63, 3.8) is 0 Å². The minimum Gasteiger partial charge on any atom is -0.0590 e. The van der Waals surface area contributed by atoms with Crippen LogP contribution in [0.2, 0.25) is 0 Å². The molecule has 2 heteroatoms. The van der Waals surface area contributed by atoms with E-state index in [1.165, 1.54) is 55.0 Å². The van der Waals surface area contributed by atoms with Crippen LogP contribution in [-0.4, -0.2) is 0 Å². The first-order valence-electron chi connectivity index (χ1n) is 12.2. The summed E-state index contributed by atoms with van der Waals surface area (Å²) in [6, 6.07) is 45.1. The standard InChI is InChI=1S/C34H29IS/c1-24-4-14-29(15-5-24)34(30-16-6-25(2)7-17-30,31-18-8-26(3)9-19-31)32-20-10-27(11-21-32)28-12-22-33(36-35)23-13-28/h4-23H,1-3H3. The van der Waals surface area contributed by atoms with Crippen molar-refractivity contribution < 1.29 is 0 Å². The lowest BCUT2D eigenvalue weighted by Gasteiger charge is -2.37. The Kier molecular flexibility index (Phi) is 7.36. The predicted molar refractivity (Wildman–Crippen MR) is 164 cm³/mol. The maximum absolute atomic E-state index is 2.33. The number of hydrogen-bond acceptors (Lipinski definition) is 1. The quantitative estimate of drug-likeness (QED) is 0.139. The third kappa shape index (κ3) is 4.77. The van der Waals surface area contributed by atoms with E-state index in [9.17, 15) is 0 Å². The second kappa shape index (κ2) is 10.7. The van der Waals surface area contributed by atoms with E-state index in [4.69, 9.17) is 0 Å². The van der Waals surface area contributed by atoms with Gasteiger partial charge in [0.25, 0.3) is 0 Å². The molecule has 178 valence electrons. The maximum Gasteiger partial charge on any atom is 0.0701 e. The molecule has 0 saturated carbocycles. The Morgan fingerprint density at radius 2 is 0.694 bits per heavy atom. The summed E-state index contributed by atoms with van der Waals surface area (Å²) in [5.74, 6) is 0. The molecule has 0 atom stereocenters. The van der Waals surface area contributed by atoms with Crippen molar-refractivity contribution in [3.8, 4) is 11.1 Å². The molecule has 0 unspecified atom stereocenters. The molecule has 0 saturated heterocycles. The summed E-state index contributed by atoms with van der Waals surface area (Å²) in [6.45, 7) is 6.46. The second-order valence-electron chi connectivity index (χ2n) is 9.53. The van der Waals surface area contributed by atoms with E-state index in [1.807, 2.05) is 0 Å². The molecule has 0 fully saturated rings. The second-order valence-corrected chi connectivity index (χ2v) is 11.5. The Labute approximate surface area is 231 Å². The number of rotatable bonds is 6. The van der Waals surface area contributed by atoms with Crippen molar-refractivity contribution in [1.82, 2.24) is 0 Å². The number of hydrogen-bond donors (Lipinski definition) is 0. The van der Waals surface area contributed by atoms with Gasteiger partial charge in [-0.2, -0.15) is 0 Å². The smallest absolute Gasteiger partial charge is 0.0590 e. The van der Waals surface area contributed by atoms with Crippen LogP contribution < -0.4 is 0 Å². The van der Waals surface area contributed by atoms with Gasteiger partial charge in [-0.05, 0) is 66.3 Å². The van der Waals surface area contributed by atoms with Crippen molar-refractivity contribution in [1.29, 1.82) is 0 Å². The fourth-order valence-electron chi connectivity index (χ4n) is 5.02. The lowest BCUT2D eigenvalue weighted by molar-refractivity contribution is 0.744. The van der Waals surface area contributed by atoms with Gasteiger partial charge in [-0.15, -0.1) is 0 Å². The molecular weight excluding hydrogens is 567 g/mol. The lowest BCUT2D eigenvalue weighted by atomic mass is 9.65. The van der Waals surface area contributed by atoms with E-state index in [0.717, 1.165) is 0 Å². The first kappa shape index (κ1) is 24.9. The SMILES string of the molecule is Cc1ccc(C(c2ccc(C)cc2)(c2ccc(C)cc2)c2ccc(-c3ccc(SI)cc3)cc2)cc1. The van der Waals surface area contributed by atoms with Crippen LogP contribution >= 0.6 is 30.1 Å². The lowest BCUT2D eigenvalue weighted by Crippen LogP contribution is -2.31. The van der Waals surface area contributed by atoms with E-state index in [1.54, 1.807) is 8.93 Å². The Morgan fingerprint density at radius 1 is 0.417 bits per heavy atom. The van der Waals surface area contributed by atoms with Gasteiger partial charge < -0.3 is 0 Å². The molecule has 36 heavy (non-hydrogen) atoms. The molecule has 5 rings (SSSR count). The van der Waals surface area contributed by atoms with Crippen LogP contribution in [0.25, 0.3) is 11.1 Å². The summed E-state index contributed by atoms with van der Waals surface area (Å²) in [4.78, 5) is 1.27. The van der Waals surface area contributed by atoms with Crippen LogP contribution in [0.3, 0.4) is 0 Å². The Balaban J connectivity index is 1.75. The fraction of sp³-hybridized carbons (Fsp3) is 0.118. The number of benzene rings is 5. The summed E-state index contributed by atoms with van der Waals surface area (Å²) in [6.07, 6.45) is 0. The molecule has 0 bridgehead atoms. The zero-order valence-electron chi connectivity index (χ0n) is 20.8. The Bertz CT molecular complexity index is 1320. The van der Waals surface area contributed by atoms with Gasteiger partial charge in [-0.3, -0.25) is 0 Å². The van der Waals surface area contributed by atoms with Gasteiger partial charge in [-0.1, -0.05) is 135 Å². The zero-order valence-corrected chi connectivity index (χ0v) is 23.8. The highest BCUT2D eigenvalue weighted by atomic mass is 127. The minimum absolute atomic E-state index is 0.421. The first-order valence-corrected chi connectivity index (χ1v) is 15.6. The van der Waals surface area contributed by atoms with Crippen molar-refractivity contribution >= 4 is 30.1 Å². The molecular formula is C34H29IS. The molecule has 0 spiro atoms. The maximum atomic E-state index is 2.33. The van der Waals surface area contributed by atoms with E-state index in [2.05, 4.69) is 163 Å². The van der Waals surface area contributed by atoms with Gasteiger partial charge in [0.1, 0.15) is 0 Å². The monoisotopic (exact) mass is 596 g/mol. The summed E-state index contributed by atoms with van der Waals surface area (Å²) in [5.41, 5.74) is 10.9. The fourth-order valence-corrected chi connectivity index (χ4v) is 6.14. The average molecular weight is 597 g/mol. The highest BCUT2D eigenvalue weighted by molar-refractivity contribution is 14.2. The largest absolute Gasteiger partial charge is 0.0701 e. The van der Waals surface area contributed by atoms with Crippen LogP contribution in [-0.2, 0) is 5.41 Å². The molecule has 0 amide bonds. The number of halogens is 1. The molecule has 0 N–H and O–H groups in total. The summed E-state index contributed by atoms with van der Waals surface area (Å²) in [7, 11) is 1.74. The third-order valence-corrected chi connectivity index (χ3v) is 9.02.